The summed E-state index contributed by atoms with van der Waals surface area (Å²) >= 11 is 3.33. The van der Waals surface area contributed by atoms with E-state index in [1.54, 1.807) is 12.3 Å². The van der Waals surface area contributed by atoms with Gasteiger partial charge in [0, 0.05) is 30.4 Å². The number of ether oxygens (including phenoxy) is 1. The molecule has 0 aliphatic carbocycles. The van der Waals surface area contributed by atoms with Gasteiger partial charge in [0.2, 0.25) is 0 Å². The van der Waals surface area contributed by atoms with E-state index in [0.717, 1.165) is 23.9 Å². The molecule has 1 saturated heterocycles. The average molecular weight is 343 g/mol. The first-order valence-corrected chi connectivity index (χ1v) is 7.48. The fraction of sp³-hybridized carbons (Fsp3) is 0.538. The zero-order valence-corrected chi connectivity index (χ0v) is 13.0. The number of halogens is 1. The summed E-state index contributed by atoms with van der Waals surface area (Å²) in [4.78, 5) is 18.4. The monoisotopic (exact) mass is 342 g/mol. The van der Waals surface area contributed by atoms with Gasteiger partial charge in [-0.15, -0.1) is 0 Å². The van der Waals surface area contributed by atoms with Crippen LogP contribution in [0.5, 0.6) is 0 Å². The molecule has 0 aromatic carbocycles. The van der Waals surface area contributed by atoms with E-state index in [1.807, 2.05) is 11.8 Å². The maximum atomic E-state index is 12.5. The van der Waals surface area contributed by atoms with Crippen LogP contribution in [0, 0.1) is 0 Å². The van der Waals surface area contributed by atoms with E-state index < -0.39 is 0 Å². The molecule has 0 bridgehead atoms. The minimum atomic E-state index is -0.0540. The van der Waals surface area contributed by atoms with E-state index in [1.165, 1.54) is 0 Å². The van der Waals surface area contributed by atoms with Gasteiger partial charge in [0.05, 0.1) is 11.7 Å². The Morgan fingerprint density at radius 1 is 1.60 bits per heavy atom. The molecule has 2 rings (SSSR count). The molecule has 0 radical (unpaired) electrons. The molecule has 0 unspecified atom stereocenters. The molecule has 0 atom stereocenters. The number of hydrazine groups is 1. The molecule has 1 aromatic heterocycles. The summed E-state index contributed by atoms with van der Waals surface area (Å²) in [6, 6.07) is 1.74. The summed E-state index contributed by atoms with van der Waals surface area (Å²) < 4.78 is 6.34. The third-order valence-corrected chi connectivity index (χ3v) is 3.79. The van der Waals surface area contributed by atoms with Gasteiger partial charge in [0.1, 0.15) is 0 Å². The van der Waals surface area contributed by atoms with Crippen LogP contribution < -0.4 is 11.3 Å². The van der Waals surface area contributed by atoms with Gasteiger partial charge >= 0.3 is 0 Å². The second-order valence-corrected chi connectivity index (χ2v) is 5.56. The molecule has 110 valence electrons. The second kappa shape index (κ2) is 7.01. The fourth-order valence-corrected chi connectivity index (χ4v) is 2.68. The first-order chi connectivity index (χ1) is 9.65. The third kappa shape index (κ3) is 3.47. The summed E-state index contributed by atoms with van der Waals surface area (Å²) in [5.41, 5.74) is 2.95. The smallest absolute Gasteiger partial charge is 0.257 e. The van der Waals surface area contributed by atoms with Crippen molar-refractivity contribution in [3.05, 3.63) is 22.3 Å². The van der Waals surface area contributed by atoms with Crippen molar-refractivity contribution in [1.29, 1.82) is 0 Å². The number of nitrogens with two attached hydrogens (primary N) is 1. The summed E-state index contributed by atoms with van der Waals surface area (Å²) in [5.74, 6) is 5.75. The number of aromatic nitrogens is 1. The van der Waals surface area contributed by atoms with Crippen molar-refractivity contribution in [3.8, 4) is 0 Å². The molecule has 20 heavy (non-hydrogen) atoms. The number of nitrogen functional groups attached to an aromatic ring is 1. The molecule has 2 heterocycles. The van der Waals surface area contributed by atoms with Gasteiger partial charge in [-0.05, 0) is 41.8 Å². The lowest BCUT2D eigenvalue weighted by molar-refractivity contribution is 0.0146. The Kier molecular flexibility index (Phi) is 5.33. The van der Waals surface area contributed by atoms with E-state index in [9.17, 15) is 4.79 Å². The zero-order valence-electron chi connectivity index (χ0n) is 11.4. The Labute approximate surface area is 126 Å². The summed E-state index contributed by atoms with van der Waals surface area (Å²) in [6.07, 6.45) is 3.60. The first kappa shape index (κ1) is 15.2. The number of amides is 1. The average Bonchev–Trinajstić information content (AvgIpc) is 2.47. The van der Waals surface area contributed by atoms with Crippen molar-refractivity contribution < 1.29 is 9.53 Å². The highest BCUT2D eigenvalue weighted by Crippen LogP contribution is 2.22. The van der Waals surface area contributed by atoms with Gasteiger partial charge in [-0.3, -0.25) is 4.79 Å². The molecule has 1 aromatic rings. The Morgan fingerprint density at radius 2 is 2.30 bits per heavy atom. The van der Waals surface area contributed by atoms with E-state index in [0.29, 0.717) is 24.5 Å². The van der Waals surface area contributed by atoms with E-state index in [2.05, 4.69) is 26.3 Å². The highest BCUT2D eigenvalue weighted by Gasteiger charge is 2.25. The zero-order chi connectivity index (χ0) is 14.5. The molecule has 1 aliphatic rings. The minimum Gasteiger partial charge on any atom is -0.378 e. The summed E-state index contributed by atoms with van der Waals surface area (Å²) in [5, 5.41) is 0. The number of hydrogen-bond acceptors (Lipinski definition) is 5. The number of anilines is 1. The number of likely N-dealkylation sites (tertiary alicyclic amines) is 1. The number of nitrogens with one attached hydrogen (secondary N) is 1. The van der Waals surface area contributed by atoms with Crippen LogP contribution in [0.4, 0.5) is 5.82 Å². The van der Waals surface area contributed by atoms with Gasteiger partial charge < -0.3 is 15.1 Å². The molecular formula is C13H19BrN4O2. The molecule has 6 nitrogen and oxygen atoms in total. The molecule has 0 saturated carbocycles. The van der Waals surface area contributed by atoms with Crippen molar-refractivity contribution in [2.24, 2.45) is 5.84 Å². The molecular weight excluding hydrogens is 324 g/mol. The molecule has 3 N–H and O–H groups in total. The maximum absolute atomic E-state index is 12.5. The number of carbonyl (C=O) groups is 1. The quantitative estimate of drug-likeness (QED) is 0.643. The van der Waals surface area contributed by atoms with Crippen molar-refractivity contribution in [2.75, 3.05) is 25.1 Å². The lowest BCUT2D eigenvalue weighted by Crippen LogP contribution is -2.41. The highest BCUT2D eigenvalue weighted by molar-refractivity contribution is 9.10. The predicted molar refractivity (Wildman–Crippen MR) is 80.3 cm³/mol. The van der Waals surface area contributed by atoms with Crippen molar-refractivity contribution in [2.45, 2.75) is 25.9 Å². The van der Waals surface area contributed by atoms with Gasteiger partial charge in [0.15, 0.2) is 5.82 Å². The lowest BCUT2D eigenvalue weighted by Gasteiger charge is -2.32. The fourth-order valence-electron chi connectivity index (χ4n) is 2.35. The number of piperidine rings is 1. The number of nitrogens with zero attached hydrogens (tertiary/aromatic N) is 2. The SMILES string of the molecule is CCOC1CCN(C(=O)c2cc(Br)cnc2NN)CC1. The van der Waals surface area contributed by atoms with Gasteiger partial charge in [0.25, 0.3) is 5.91 Å². The van der Waals surface area contributed by atoms with Crippen LogP contribution in [-0.4, -0.2) is 41.6 Å². The minimum absolute atomic E-state index is 0.0540. The standard InChI is InChI=1S/C13H19BrN4O2/c1-2-20-10-3-5-18(6-4-10)13(19)11-7-9(14)8-16-12(11)17-15/h7-8,10H,2-6,15H2,1H3,(H,16,17). The van der Waals surface area contributed by atoms with Crippen LogP contribution in [0.2, 0.25) is 0 Å². The van der Waals surface area contributed by atoms with Crippen molar-refractivity contribution >= 4 is 27.7 Å². The van der Waals surface area contributed by atoms with Crippen LogP contribution in [0.25, 0.3) is 0 Å². The molecule has 0 spiro atoms. The van der Waals surface area contributed by atoms with E-state index >= 15 is 0 Å². The van der Waals surface area contributed by atoms with E-state index in [-0.39, 0.29) is 12.0 Å². The number of hydrogen-bond donors (Lipinski definition) is 2. The second-order valence-electron chi connectivity index (χ2n) is 4.64. The normalized spacial score (nSPS) is 16.2. The molecule has 1 fully saturated rings. The molecule has 1 aliphatic heterocycles. The topological polar surface area (TPSA) is 80.5 Å². The van der Waals surface area contributed by atoms with Gasteiger partial charge in [-0.2, -0.15) is 0 Å². The Hall–Kier alpha value is -1.18. The van der Waals surface area contributed by atoms with E-state index in [4.69, 9.17) is 10.6 Å². The van der Waals surface area contributed by atoms with Crippen molar-refractivity contribution in [3.63, 3.8) is 0 Å². The Balaban J connectivity index is 2.07. The lowest BCUT2D eigenvalue weighted by atomic mass is 10.1. The predicted octanol–water partition coefficient (Wildman–Crippen LogP) is 1.77. The molecule has 1 amide bonds. The summed E-state index contributed by atoms with van der Waals surface area (Å²) in [7, 11) is 0. The van der Waals surface area contributed by atoms with Crippen LogP contribution in [0.15, 0.2) is 16.7 Å². The highest BCUT2D eigenvalue weighted by atomic mass is 79.9. The Morgan fingerprint density at radius 3 is 2.90 bits per heavy atom. The number of pyridine rings is 1. The van der Waals surface area contributed by atoms with Crippen LogP contribution in [0.1, 0.15) is 30.1 Å². The molecule has 7 heteroatoms. The third-order valence-electron chi connectivity index (χ3n) is 3.35. The maximum Gasteiger partial charge on any atom is 0.257 e. The van der Waals surface area contributed by atoms with Crippen LogP contribution in [0.3, 0.4) is 0 Å². The summed E-state index contributed by atoms with van der Waals surface area (Å²) in [6.45, 7) is 4.10. The van der Waals surface area contributed by atoms with Crippen LogP contribution >= 0.6 is 15.9 Å². The number of carbonyl (C=O) groups excluding carboxylic acids is 1. The van der Waals surface area contributed by atoms with Crippen molar-refractivity contribution in [1.82, 2.24) is 9.88 Å². The van der Waals surface area contributed by atoms with Gasteiger partial charge in [-0.1, -0.05) is 0 Å². The Bertz CT molecular complexity index is 475. The number of rotatable bonds is 4. The van der Waals surface area contributed by atoms with Crippen LogP contribution in [-0.2, 0) is 4.74 Å². The first-order valence-electron chi connectivity index (χ1n) is 6.68. The largest absolute Gasteiger partial charge is 0.378 e. The van der Waals surface area contributed by atoms with Gasteiger partial charge in [-0.25, -0.2) is 10.8 Å².